The first-order chi connectivity index (χ1) is 69.6. The van der Waals surface area contributed by atoms with Crippen LogP contribution in [-0.2, 0) is 38.2 Å². The van der Waals surface area contributed by atoms with Gasteiger partial charge in [0.2, 0.25) is 5.52 Å². The van der Waals surface area contributed by atoms with Gasteiger partial charge in [-0.3, -0.25) is 38.9 Å². The van der Waals surface area contributed by atoms with Crippen molar-refractivity contribution in [2.75, 3.05) is 42.7 Å². The van der Waals surface area contributed by atoms with Crippen LogP contribution in [0.25, 0.3) is 126 Å². The molecule has 6 aromatic carbocycles. The van der Waals surface area contributed by atoms with E-state index in [1.165, 1.54) is 96.0 Å². The average Bonchev–Trinajstić information content (AvgIpc) is 1.59. The number of benzene rings is 6. The van der Waals surface area contributed by atoms with Gasteiger partial charge in [-0.1, -0.05) is 41.4 Å². The molecule has 0 unspecified atom stereocenters. The molecule has 5 aliphatic heterocycles. The van der Waals surface area contributed by atoms with Gasteiger partial charge in [0.05, 0.1) is 71.8 Å². The number of imide groups is 3. The number of nitrogens with one attached hydrogen (secondary N) is 5. The Morgan fingerprint density at radius 3 is 1.18 bits per heavy atom. The zero-order valence-corrected chi connectivity index (χ0v) is 89.4. The topological polar surface area (TPSA) is 378 Å². The Labute approximate surface area is 874 Å². The first kappa shape index (κ1) is 103. The molecule has 23 rings (SSSR count). The smallest absolute Gasteiger partial charge is 0.417 e. The molecule has 18 aromatic rings. The lowest BCUT2D eigenvalue weighted by molar-refractivity contribution is -0.576. The third kappa shape index (κ3) is 20.8. The fourth-order valence-electron chi connectivity index (χ4n) is 18.7. The predicted octanol–water partition coefficient (Wildman–Crippen LogP) is 25.0. The van der Waals surface area contributed by atoms with Crippen LogP contribution in [-0.4, -0.2) is 173 Å². The van der Waals surface area contributed by atoms with Gasteiger partial charge in [-0.2, -0.15) is 4.73 Å². The summed E-state index contributed by atoms with van der Waals surface area (Å²) in [5.41, 5.74) is 14.4. The van der Waals surface area contributed by atoms with E-state index in [0.29, 0.717) is 80.5 Å². The lowest BCUT2D eigenvalue weighted by Gasteiger charge is -2.28. The lowest BCUT2D eigenvalue weighted by atomic mass is 10.0. The number of carbonyl (C=O) groups is 9. The van der Waals surface area contributed by atoms with Crippen molar-refractivity contribution < 1.29 is 66.8 Å². The molecule has 17 heterocycles. The molecule has 5 aliphatic rings. The standard InChI is InChI=1S/C21H21ClN2O3S.C21H22N2O4S.C21H22N2O3S.C16H17N3O2S.C15H12ClN3OS.C15H13N3OS/c1-11-5-6-13-17-12-7-10-16(22)23-14(12)8-9-15(17)28-18(13)19(25)24(11)20(26)27-21(2,3)4;1-12-7-8-14-17-13-6-5-11-22(26)15(13)9-10-16(17)28-18(14)19(24)23(12)20(25)27-21(2,3)4;1-12-7-8-14-17-13-6-5-11-22-15(13)9-10-16(17)27-18(14)19(24)23(12)20(25)26-21(2,3)4;1-9(17)8-19-14-13-10-4-3-7-18-11(10)5-6-12(13)22-15(14)16(20)21-2;1-7-6-17-13-12-8-2-5-11(16)19-9(8)3-4-10(12)21-14(13)15(20)18-7;1-8-7-17-13-12-9-3-2-6-16-10(9)4-5-11(12)20-14(13)15(19)18-8/h7-11H,5-6H2,1-4H3;5-6,9-12H,7-8H2,1-4H3;5-6,9-12H,7-8H2,1-4H3;3-7,9,19H,8,17H2,1-2H3;2-5,7,17H,6H2,1H3,(H,18,20);2-6,8,17H,7H2,1H3,(H,18,19)/t11-;2*12-;9-;7-;8-/m111111/s1. The molecule has 7 N–H and O–H groups in total. The second kappa shape index (κ2) is 41.4. The molecular weight excluding hydrogens is 2010 g/mol. The third-order valence-electron chi connectivity index (χ3n) is 25.3. The van der Waals surface area contributed by atoms with Gasteiger partial charge < -0.3 is 56.5 Å². The number of anilines is 3. The Morgan fingerprint density at radius 1 is 0.452 bits per heavy atom. The van der Waals surface area contributed by atoms with Crippen LogP contribution >= 0.6 is 91.2 Å². The number of nitrogens with zero attached hydrogens (tertiary/aromatic N) is 9. The quantitative estimate of drug-likeness (QED) is 0.0313. The van der Waals surface area contributed by atoms with Crippen LogP contribution in [0.4, 0.5) is 31.4 Å². The molecule has 0 saturated heterocycles. The number of hydrogen-bond acceptors (Lipinski definition) is 29. The third-order valence-corrected chi connectivity index (χ3v) is 32.7. The molecule has 29 nitrogen and oxygen atoms in total. The van der Waals surface area contributed by atoms with Gasteiger partial charge in [0.15, 0.2) is 6.20 Å². The number of halogens is 2. The van der Waals surface area contributed by atoms with E-state index < -0.39 is 35.1 Å². The van der Waals surface area contributed by atoms with Gasteiger partial charge in [-0.25, -0.2) is 43.8 Å². The number of aromatic nitrogens is 6. The summed E-state index contributed by atoms with van der Waals surface area (Å²) in [4.78, 5) is 144. The number of pyridine rings is 6. The number of ether oxygens (including phenoxy) is 4. The van der Waals surface area contributed by atoms with E-state index in [1.54, 1.807) is 84.4 Å². The number of nitrogens with two attached hydrogens (primary N) is 1. The maximum atomic E-state index is 13.3. The molecule has 0 fully saturated rings. The highest BCUT2D eigenvalue weighted by molar-refractivity contribution is 7.23. The second-order valence-corrected chi connectivity index (χ2v) is 46.7. The summed E-state index contributed by atoms with van der Waals surface area (Å²) in [7, 11) is 1.39. The Bertz CT molecular complexity index is 8340. The molecule has 0 radical (unpaired) electrons. The summed E-state index contributed by atoms with van der Waals surface area (Å²) in [5.74, 6) is -1.22. The van der Waals surface area contributed by atoms with E-state index in [2.05, 4.69) is 57.6 Å². The van der Waals surface area contributed by atoms with Crippen molar-refractivity contribution >= 4 is 288 Å². The predicted molar refractivity (Wildman–Crippen MR) is 589 cm³/mol. The summed E-state index contributed by atoms with van der Waals surface area (Å²) in [6.45, 7) is 29.8. The summed E-state index contributed by atoms with van der Waals surface area (Å²) >= 11 is 20.7. The number of hydrogen-bond donors (Lipinski definition) is 6. The Hall–Kier alpha value is -13.5. The molecule has 8 amide bonds. The van der Waals surface area contributed by atoms with Crippen molar-refractivity contribution in [1.82, 2.24) is 50.3 Å². The van der Waals surface area contributed by atoms with E-state index in [4.69, 9.17) is 47.9 Å². The van der Waals surface area contributed by atoms with E-state index in [0.717, 1.165) is 182 Å². The van der Waals surface area contributed by atoms with E-state index in [1.807, 2.05) is 178 Å². The number of aryl methyl sites for hydroxylation is 3. The maximum Gasteiger partial charge on any atom is 0.417 e. The number of methoxy groups -OCH3 is 1. The normalized spacial score (nSPS) is 17.1. The first-order valence-electron chi connectivity index (χ1n) is 47.9. The van der Waals surface area contributed by atoms with E-state index >= 15 is 0 Å². The molecular formula is C109H107Cl2N15O14S6. The van der Waals surface area contributed by atoms with Crippen molar-refractivity contribution in [2.24, 2.45) is 5.73 Å². The SMILES string of the molecule is COC(=O)c1sc2ccc3ncccc3c2c1NC[C@@H](C)N.C[C@@H]1CCc2c(sc3ccc4c(ccc[n+]4[O-])c23)C(=O)N1C(=O)OC(C)(C)C.C[C@@H]1CCc2c(sc3ccc4nc(Cl)ccc4c23)C(=O)N1C(=O)OC(C)(C)C.C[C@@H]1CCc2c(sc3ccc4ncccc4c23)C(=O)N1C(=O)OC(C)(C)C.C[C@@H]1CNc2c(sc3ccc4nc(Cl)ccc4c23)C(=O)N1.C[C@@H]1CNc2c(sc3ccc4ncccc4c23)C(=O)N1. The Kier molecular flexibility index (Phi) is 29.1. The second-order valence-electron chi connectivity index (χ2n) is 39.6. The fourth-order valence-corrected chi connectivity index (χ4v) is 25.9. The number of rotatable bonds is 4. The van der Waals surface area contributed by atoms with Crippen LogP contribution in [0.2, 0.25) is 10.3 Å². The van der Waals surface area contributed by atoms with Crippen LogP contribution in [0.1, 0.15) is 198 Å². The van der Waals surface area contributed by atoms with Gasteiger partial charge in [0.1, 0.15) is 41.7 Å². The molecule has 752 valence electrons. The highest BCUT2D eigenvalue weighted by Crippen LogP contribution is 2.48. The minimum atomic E-state index is -0.676. The highest BCUT2D eigenvalue weighted by Gasteiger charge is 2.42. The minimum Gasteiger partial charge on any atom is -0.618 e. The van der Waals surface area contributed by atoms with Gasteiger partial charge in [-0.15, -0.1) is 68.0 Å². The van der Waals surface area contributed by atoms with Crippen molar-refractivity contribution in [3.63, 3.8) is 0 Å². The summed E-state index contributed by atoms with van der Waals surface area (Å²) in [6, 6.07) is 45.9. The van der Waals surface area contributed by atoms with Crippen LogP contribution in [0.15, 0.2) is 170 Å². The van der Waals surface area contributed by atoms with Gasteiger partial charge in [-0.05, 0) is 274 Å². The van der Waals surface area contributed by atoms with E-state index in [9.17, 15) is 48.4 Å². The van der Waals surface area contributed by atoms with E-state index in [-0.39, 0.29) is 71.8 Å². The molecule has 0 bridgehead atoms. The number of carbonyl (C=O) groups excluding carboxylic acids is 9. The number of thiophene rings is 6. The maximum absolute atomic E-state index is 13.3. The number of amides is 8. The molecule has 6 atom stereocenters. The largest absolute Gasteiger partial charge is 0.618 e. The average molecular weight is 2110 g/mol. The molecule has 0 saturated carbocycles. The fraction of sp³-hybridized carbons (Fsp3) is 0.312. The van der Waals surface area contributed by atoms with Crippen molar-refractivity contribution in [3.05, 3.63) is 232 Å². The zero-order valence-electron chi connectivity index (χ0n) is 83.0. The minimum absolute atomic E-state index is 0.00994. The lowest BCUT2D eigenvalue weighted by Crippen LogP contribution is -2.45. The van der Waals surface area contributed by atoms with Gasteiger partial charge >= 0.3 is 24.2 Å². The summed E-state index contributed by atoms with van der Waals surface area (Å²) < 4.78 is 28.4. The molecule has 0 aliphatic carbocycles. The van der Waals surface area contributed by atoms with Crippen LogP contribution in [0, 0.1) is 5.21 Å². The molecule has 12 aromatic heterocycles. The van der Waals surface area contributed by atoms with Crippen LogP contribution < -0.4 is 37.0 Å². The Morgan fingerprint density at radius 2 is 0.788 bits per heavy atom. The molecule has 0 spiro atoms. The van der Waals surface area contributed by atoms with Crippen molar-refractivity contribution in [3.8, 4) is 0 Å². The highest BCUT2D eigenvalue weighted by atomic mass is 35.5. The summed E-state index contributed by atoms with van der Waals surface area (Å²) in [6.07, 6.45) is 9.17. The molecule has 37 heteroatoms. The van der Waals surface area contributed by atoms with Crippen molar-refractivity contribution in [2.45, 2.75) is 195 Å². The van der Waals surface area contributed by atoms with Crippen LogP contribution in [0.5, 0.6) is 0 Å². The zero-order chi connectivity index (χ0) is 104. The van der Waals surface area contributed by atoms with Crippen molar-refractivity contribution in [1.29, 1.82) is 0 Å². The first-order valence-corrected chi connectivity index (χ1v) is 53.6. The van der Waals surface area contributed by atoms with Crippen LogP contribution in [0.3, 0.4) is 0 Å². The monoisotopic (exact) mass is 2110 g/mol. The number of esters is 1. The summed E-state index contributed by atoms with van der Waals surface area (Å²) in [5, 5.41) is 41.4. The Balaban J connectivity index is 0.000000115. The van der Waals surface area contributed by atoms with Gasteiger partial charge in [0.25, 0.3) is 29.5 Å². The molecule has 146 heavy (non-hydrogen) atoms. The van der Waals surface area contributed by atoms with Gasteiger partial charge in [0, 0.05) is 174 Å². The number of fused-ring (bicyclic) bond motifs is 28.